The Hall–Kier alpha value is -2.44. The number of aryl methyl sites for hydroxylation is 2. The number of benzene rings is 1. The molecule has 2 aromatic heterocycles. The summed E-state index contributed by atoms with van der Waals surface area (Å²) in [6, 6.07) is 14.0. The third-order valence-corrected chi connectivity index (χ3v) is 6.37. The van der Waals surface area contributed by atoms with Gasteiger partial charge in [-0.15, -0.1) is 0 Å². The number of carbonyl (C=O) groups is 1. The fourth-order valence-corrected chi connectivity index (χ4v) is 4.71. The van der Waals surface area contributed by atoms with Gasteiger partial charge in [0.1, 0.15) is 0 Å². The van der Waals surface area contributed by atoms with E-state index in [1.54, 1.807) is 0 Å². The second kappa shape index (κ2) is 9.14. The summed E-state index contributed by atoms with van der Waals surface area (Å²) >= 11 is 1.40. The quantitative estimate of drug-likeness (QED) is 0.304. The number of aromatic nitrogens is 3. The lowest BCUT2D eigenvalue weighted by Gasteiger charge is -2.14. The van der Waals surface area contributed by atoms with Gasteiger partial charge in [-0.25, -0.2) is 9.97 Å². The molecule has 1 aliphatic heterocycles. The van der Waals surface area contributed by atoms with E-state index in [1.807, 2.05) is 56.3 Å². The van der Waals surface area contributed by atoms with Crippen LogP contribution in [0.2, 0.25) is 0 Å². The summed E-state index contributed by atoms with van der Waals surface area (Å²) in [5, 5.41) is 0.635. The average molecular weight is 422 g/mol. The molecule has 1 aliphatic rings. The van der Waals surface area contributed by atoms with Crippen LogP contribution < -0.4 is 0 Å². The summed E-state index contributed by atoms with van der Waals surface area (Å²) in [4.78, 5) is 22.1. The predicted octanol–water partition coefficient (Wildman–Crippen LogP) is 5.02. The van der Waals surface area contributed by atoms with Crippen molar-refractivity contribution in [3.63, 3.8) is 0 Å². The van der Waals surface area contributed by atoms with Gasteiger partial charge in [-0.05, 0) is 45.7 Å². The maximum absolute atomic E-state index is 13.0. The Balaban J connectivity index is 1.47. The summed E-state index contributed by atoms with van der Waals surface area (Å²) in [5.41, 5.74) is 5.74. The maximum Gasteiger partial charge on any atom is 0.188 e. The Bertz CT molecular complexity index is 1040. The number of thioether (sulfide) groups is 1. The van der Waals surface area contributed by atoms with Crippen LogP contribution in [0.5, 0.6) is 0 Å². The molecule has 0 aliphatic carbocycles. The van der Waals surface area contributed by atoms with Crippen molar-refractivity contribution in [3.05, 3.63) is 65.1 Å². The molecule has 156 valence electrons. The molecule has 4 rings (SSSR count). The van der Waals surface area contributed by atoms with Crippen LogP contribution >= 0.6 is 11.8 Å². The van der Waals surface area contributed by atoms with Crippen molar-refractivity contribution < 1.29 is 9.53 Å². The van der Waals surface area contributed by atoms with E-state index in [0.29, 0.717) is 10.9 Å². The highest BCUT2D eigenvalue weighted by atomic mass is 32.2. The molecule has 0 saturated carbocycles. The van der Waals surface area contributed by atoms with Crippen molar-refractivity contribution in [1.29, 1.82) is 0 Å². The predicted molar refractivity (Wildman–Crippen MR) is 120 cm³/mol. The van der Waals surface area contributed by atoms with Gasteiger partial charge >= 0.3 is 0 Å². The van der Waals surface area contributed by atoms with E-state index in [4.69, 9.17) is 4.74 Å². The van der Waals surface area contributed by atoms with Crippen molar-refractivity contribution >= 4 is 17.5 Å². The molecule has 1 saturated heterocycles. The van der Waals surface area contributed by atoms with Crippen LogP contribution in [-0.4, -0.2) is 38.8 Å². The Morgan fingerprint density at radius 3 is 2.70 bits per heavy atom. The highest BCUT2D eigenvalue weighted by molar-refractivity contribution is 7.99. The zero-order chi connectivity index (χ0) is 21.1. The van der Waals surface area contributed by atoms with E-state index in [1.165, 1.54) is 11.8 Å². The first-order valence-electron chi connectivity index (χ1n) is 10.4. The molecular weight excluding hydrogens is 394 g/mol. The molecule has 0 radical (unpaired) electrons. The third-order valence-electron chi connectivity index (χ3n) is 5.52. The minimum Gasteiger partial charge on any atom is -0.376 e. The fourth-order valence-electron chi connectivity index (χ4n) is 3.93. The summed E-state index contributed by atoms with van der Waals surface area (Å²) in [7, 11) is 0. The van der Waals surface area contributed by atoms with Crippen molar-refractivity contribution in [1.82, 2.24) is 14.5 Å². The molecule has 0 bridgehead atoms. The topological polar surface area (TPSA) is 57.0 Å². The monoisotopic (exact) mass is 421 g/mol. The van der Waals surface area contributed by atoms with Crippen LogP contribution in [0.4, 0.5) is 0 Å². The molecule has 0 unspecified atom stereocenters. The molecule has 30 heavy (non-hydrogen) atoms. The molecule has 0 amide bonds. The molecule has 3 aromatic rings. The van der Waals surface area contributed by atoms with Gasteiger partial charge in [0.15, 0.2) is 10.9 Å². The van der Waals surface area contributed by atoms with Gasteiger partial charge in [0.05, 0.1) is 17.6 Å². The minimum absolute atomic E-state index is 0.109. The van der Waals surface area contributed by atoms with Gasteiger partial charge < -0.3 is 9.30 Å². The van der Waals surface area contributed by atoms with Gasteiger partial charge in [-0.2, -0.15) is 0 Å². The Kier molecular flexibility index (Phi) is 6.35. The molecule has 3 heterocycles. The van der Waals surface area contributed by atoms with E-state index < -0.39 is 0 Å². The first-order chi connectivity index (χ1) is 14.5. The highest BCUT2D eigenvalue weighted by Crippen LogP contribution is 2.25. The molecule has 1 atom stereocenters. The molecule has 1 fully saturated rings. The van der Waals surface area contributed by atoms with Gasteiger partial charge in [0, 0.05) is 41.4 Å². The van der Waals surface area contributed by atoms with E-state index in [9.17, 15) is 4.79 Å². The number of carbonyl (C=O) groups excluding carboxylic acids is 1. The van der Waals surface area contributed by atoms with E-state index in [2.05, 4.69) is 21.5 Å². The molecule has 5 nitrogen and oxygen atoms in total. The molecule has 1 aromatic carbocycles. The average Bonchev–Trinajstić information content (AvgIpc) is 3.36. The summed E-state index contributed by atoms with van der Waals surface area (Å²) in [5.74, 6) is 0.431. The van der Waals surface area contributed by atoms with Crippen LogP contribution in [0.3, 0.4) is 0 Å². The number of Topliss-reactive ketones (excluding diaryl/α,β-unsaturated/α-hetero) is 1. The first kappa shape index (κ1) is 20.8. The lowest BCUT2D eigenvalue weighted by atomic mass is 10.1. The van der Waals surface area contributed by atoms with E-state index in [-0.39, 0.29) is 11.9 Å². The zero-order valence-electron chi connectivity index (χ0n) is 17.7. The summed E-state index contributed by atoms with van der Waals surface area (Å²) < 4.78 is 7.99. The van der Waals surface area contributed by atoms with Crippen molar-refractivity contribution in [2.45, 2.75) is 51.4 Å². The number of ketones is 1. The van der Waals surface area contributed by atoms with Gasteiger partial charge in [0.2, 0.25) is 0 Å². The normalized spacial score (nSPS) is 16.2. The maximum atomic E-state index is 13.0. The number of ether oxygens (including phenoxy) is 1. The minimum atomic E-state index is 0.109. The fraction of sp³-hybridized carbons (Fsp3) is 0.375. The third kappa shape index (κ3) is 4.65. The van der Waals surface area contributed by atoms with Gasteiger partial charge in [-0.1, -0.05) is 42.1 Å². The number of hydrogen-bond acceptors (Lipinski definition) is 5. The SMILES string of the molecule is Cc1cc(-c2ccccc2)nc(SCC(=O)c2cc(C)n(C[C@H]3CCCO3)c2C)n1. The Labute approximate surface area is 181 Å². The second-order valence-corrected chi connectivity index (χ2v) is 8.73. The summed E-state index contributed by atoms with van der Waals surface area (Å²) in [6.07, 6.45) is 2.46. The first-order valence-corrected chi connectivity index (χ1v) is 11.4. The van der Waals surface area contributed by atoms with Crippen molar-refractivity contribution in [2.24, 2.45) is 0 Å². The molecule has 6 heteroatoms. The lowest BCUT2D eigenvalue weighted by molar-refractivity contribution is 0.0957. The number of rotatable bonds is 7. The van der Waals surface area contributed by atoms with Crippen LogP contribution in [0.15, 0.2) is 47.6 Å². The second-order valence-electron chi connectivity index (χ2n) is 7.79. The molecule has 0 N–H and O–H groups in total. The number of nitrogens with zero attached hydrogens (tertiary/aromatic N) is 3. The Morgan fingerprint density at radius 1 is 1.17 bits per heavy atom. The Morgan fingerprint density at radius 2 is 1.97 bits per heavy atom. The van der Waals surface area contributed by atoms with Crippen LogP contribution in [0, 0.1) is 20.8 Å². The van der Waals surface area contributed by atoms with Crippen molar-refractivity contribution in [2.75, 3.05) is 12.4 Å². The van der Waals surface area contributed by atoms with Crippen LogP contribution in [0.1, 0.15) is 40.3 Å². The zero-order valence-corrected chi connectivity index (χ0v) is 18.5. The van der Waals surface area contributed by atoms with E-state index in [0.717, 1.165) is 59.9 Å². The standard InChI is InChI=1S/C24H27N3O2S/c1-16-12-22(19-8-5-4-6-9-19)26-24(25-16)30-15-23(28)21-13-17(2)27(18(21)3)14-20-10-7-11-29-20/h4-6,8-9,12-13,20H,7,10-11,14-15H2,1-3H3/t20-/m1/s1. The number of hydrogen-bond donors (Lipinski definition) is 0. The van der Waals surface area contributed by atoms with Crippen molar-refractivity contribution in [3.8, 4) is 11.3 Å². The van der Waals surface area contributed by atoms with Crippen LogP contribution in [0.25, 0.3) is 11.3 Å². The highest BCUT2D eigenvalue weighted by Gasteiger charge is 2.21. The lowest BCUT2D eigenvalue weighted by Crippen LogP contribution is -2.17. The molecule has 0 spiro atoms. The molecular formula is C24H27N3O2S. The van der Waals surface area contributed by atoms with Crippen LogP contribution in [-0.2, 0) is 11.3 Å². The largest absolute Gasteiger partial charge is 0.376 e. The smallest absolute Gasteiger partial charge is 0.188 e. The van der Waals surface area contributed by atoms with Gasteiger partial charge in [0.25, 0.3) is 0 Å². The van der Waals surface area contributed by atoms with E-state index >= 15 is 0 Å². The summed E-state index contributed by atoms with van der Waals surface area (Å²) in [6.45, 7) is 7.70. The van der Waals surface area contributed by atoms with Gasteiger partial charge in [-0.3, -0.25) is 4.79 Å².